The summed E-state index contributed by atoms with van der Waals surface area (Å²) in [5.41, 5.74) is 6.46. The summed E-state index contributed by atoms with van der Waals surface area (Å²) in [6.07, 6.45) is 0. The first kappa shape index (κ1) is 8.37. The lowest BCUT2D eigenvalue weighted by molar-refractivity contribution is 0.474. The van der Waals surface area contributed by atoms with Crippen molar-refractivity contribution in [2.45, 2.75) is 13.0 Å². The van der Waals surface area contributed by atoms with Crippen LogP contribution >= 0.6 is 11.6 Å². The minimum atomic E-state index is -0.0711. The molecule has 1 atom stereocenters. The highest BCUT2D eigenvalue weighted by molar-refractivity contribution is 6.31. The van der Waals surface area contributed by atoms with E-state index < -0.39 is 0 Å². The van der Waals surface area contributed by atoms with Crippen LogP contribution in [0.5, 0.6) is 5.75 Å². The van der Waals surface area contributed by atoms with E-state index in [1.807, 2.05) is 6.92 Å². The van der Waals surface area contributed by atoms with E-state index in [1.54, 1.807) is 18.2 Å². The first-order chi connectivity index (χ1) is 5.11. The molecule has 0 saturated heterocycles. The van der Waals surface area contributed by atoms with Gasteiger partial charge in [0.25, 0.3) is 0 Å². The zero-order valence-corrected chi connectivity index (χ0v) is 6.97. The molecular weight excluding hydrogens is 162 g/mol. The van der Waals surface area contributed by atoms with Crippen molar-refractivity contribution in [3.8, 4) is 5.75 Å². The predicted molar refractivity (Wildman–Crippen MR) is 45.7 cm³/mol. The number of hydrogen-bond acceptors (Lipinski definition) is 2. The van der Waals surface area contributed by atoms with Crippen LogP contribution in [-0.4, -0.2) is 5.11 Å². The van der Waals surface area contributed by atoms with E-state index in [9.17, 15) is 0 Å². The lowest BCUT2D eigenvalue weighted by Gasteiger charge is -2.05. The van der Waals surface area contributed by atoms with Gasteiger partial charge < -0.3 is 10.8 Å². The summed E-state index contributed by atoms with van der Waals surface area (Å²) in [5.74, 6) is 0.0847. The molecule has 3 N–H and O–H groups in total. The maximum Gasteiger partial charge on any atom is 0.134 e. The highest BCUT2D eigenvalue weighted by atomic mass is 35.5. The Morgan fingerprint density at radius 2 is 2.18 bits per heavy atom. The van der Waals surface area contributed by atoms with Crippen LogP contribution in [0.4, 0.5) is 0 Å². The van der Waals surface area contributed by atoms with Crippen molar-refractivity contribution in [1.82, 2.24) is 0 Å². The maximum absolute atomic E-state index is 9.16. The van der Waals surface area contributed by atoms with Gasteiger partial charge in [-0.3, -0.25) is 0 Å². The molecule has 0 unspecified atom stereocenters. The highest BCUT2D eigenvalue weighted by Crippen LogP contribution is 2.25. The third-order valence-electron chi connectivity index (χ3n) is 1.50. The molecule has 60 valence electrons. The summed E-state index contributed by atoms with van der Waals surface area (Å²) in [6, 6.07) is 4.94. The van der Waals surface area contributed by atoms with Crippen LogP contribution in [-0.2, 0) is 0 Å². The molecule has 0 aliphatic carbocycles. The largest absolute Gasteiger partial charge is 0.506 e. The van der Waals surface area contributed by atoms with Gasteiger partial charge in [-0.05, 0) is 24.6 Å². The Bertz CT molecular complexity index is 260. The molecule has 0 spiro atoms. The zero-order chi connectivity index (χ0) is 8.43. The van der Waals surface area contributed by atoms with Crippen molar-refractivity contribution in [3.05, 3.63) is 28.8 Å². The van der Waals surface area contributed by atoms with Crippen LogP contribution in [0.1, 0.15) is 18.5 Å². The standard InChI is InChI=1S/C8H10ClNO/c1-5(10)6-2-3-7(9)8(11)4-6/h2-5,11H,10H2,1H3/t5-/m1/s1. The Morgan fingerprint density at radius 1 is 1.55 bits per heavy atom. The molecule has 0 fully saturated rings. The quantitative estimate of drug-likeness (QED) is 0.680. The topological polar surface area (TPSA) is 46.2 Å². The summed E-state index contributed by atoms with van der Waals surface area (Å²) in [7, 11) is 0. The van der Waals surface area contributed by atoms with E-state index in [0.29, 0.717) is 5.02 Å². The monoisotopic (exact) mass is 171 g/mol. The number of aromatic hydroxyl groups is 1. The molecule has 0 heterocycles. The van der Waals surface area contributed by atoms with Gasteiger partial charge in [0.15, 0.2) is 0 Å². The summed E-state index contributed by atoms with van der Waals surface area (Å²) >= 11 is 5.59. The fraction of sp³-hybridized carbons (Fsp3) is 0.250. The molecule has 0 aliphatic heterocycles. The smallest absolute Gasteiger partial charge is 0.134 e. The van der Waals surface area contributed by atoms with Gasteiger partial charge in [-0.2, -0.15) is 0 Å². The average molecular weight is 172 g/mol. The summed E-state index contributed by atoms with van der Waals surface area (Å²) in [6.45, 7) is 1.85. The van der Waals surface area contributed by atoms with Crippen LogP contribution in [0.2, 0.25) is 5.02 Å². The lowest BCUT2D eigenvalue weighted by atomic mass is 10.1. The Balaban J connectivity index is 3.05. The molecule has 3 heteroatoms. The van der Waals surface area contributed by atoms with Crippen molar-refractivity contribution in [2.75, 3.05) is 0 Å². The van der Waals surface area contributed by atoms with E-state index in [0.717, 1.165) is 5.56 Å². The van der Waals surface area contributed by atoms with Crippen molar-refractivity contribution < 1.29 is 5.11 Å². The molecule has 11 heavy (non-hydrogen) atoms. The zero-order valence-electron chi connectivity index (χ0n) is 6.21. The van der Waals surface area contributed by atoms with Crippen LogP contribution in [0.15, 0.2) is 18.2 Å². The van der Waals surface area contributed by atoms with E-state index >= 15 is 0 Å². The summed E-state index contributed by atoms with van der Waals surface area (Å²) in [4.78, 5) is 0. The van der Waals surface area contributed by atoms with Crippen LogP contribution in [0, 0.1) is 0 Å². The molecule has 0 amide bonds. The minimum Gasteiger partial charge on any atom is -0.506 e. The van der Waals surface area contributed by atoms with Gasteiger partial charge >= 0.3 is 0 Å². The second-order valence-electron chi connectivity index (χ2n) is 2.50. The SMILES string of the molecule is C[C@@H](N)c1ccc(Cl)c(O)c1. The molecule has 2 nitrogen and oxygen atoms in total. The number of nitrogens with two attached hydrogens (primary N) is 1. The Labute approximate surface area is 70.6 Å². The van der Waals surface area contributed by atoms with E-state index in [4.69, 9.17) is 22.4 Å². The van der Waals surface area contributed by atoms with Crippen molar-refractivity contribution in [2.24, 2.45) is 5.73 Å². The second-order valence-corrected chi connectivity index (χ2v) is 2.91. The summed E-state index contributed by atoms with van der Waals surface area (Å²) in [5, 5.41) is 9.52. The van der Waals surface area contributed by atoms with Crippen LogP contribution in [0.3, 0.4) is 0 Å². The van der Waals surface area contributed by atoms with Gasteiger partial charge in [0.2, 0.25) is 0 Å². The molecule has 1 aromatic rings. The fourth-order valence-electron chi connectivity index (χ4n) is 0.813. The first-order valence-corrected chi connectivity index (χ1v) is 3.73. The van der Waals surface area contributed by atoms with Gasteiger partial charge in [-0.15, -0.1) is 0 Å². The normalized spacial score (nSPS) is 13.0. The number of phenolic OH excluding ortho intramolecular Hbond substituents is 1. The van der Waals surface area contributed by atoms with Crippen molar-refractivity contribution >= 4 is 11.6 Å². The van der Waals surface area contributed by atoms with Gasteiger partial charge in [0, 0.05) is 6.04 Å². The van der Waals surface area contributed by atoms with Crippen LogP contribution < -0.4 is 5.73 Å². The molecule has 0 bridgehead atoms. The van der Waals surface area contributed by atoms with Crippen molar-refractivity contribution in [3.63, 3.8) is 0 Å². The van der Waals surface area contributed by atoms with Gasteiger partial charge in [0.1, 0.15) is 5.75 Å². The molecule has 0 aliphatic rings. The molecule has 1 rings (SSSR count). The number of rotatable bonds is 1. The second kappa shape index (κ2) is 3.11. The molecule has 0 saturated carbocycles. The van der Waals surface area contributed by atoms with Gasteiger partial charge in [-0.1, -0.05) is 17.7 Å². The maximum atomic E-state index is 9.16. The fourth-order valence-corrected chi connectivity index (χ4v) is 0.930. The number of phenols is 1. The molecule has 0 radical (unpaired) electrons. The third kappa shape index (κ3) is 1.85. The average Bonchev–Trinajstić information content (AvgIpc) is 1.94. The van der Waals surface area contributed by atoms with E-state index in [2.05, 4.69) is 0 Å². The Kier molecular flexibility index (Phi) is 2.37. The predicted octanol–water partition coefficient (Wildman–Crippen LogP) is 2.07. The third-order valence-corrected chi connectivity index (χ3v) is 1.82. The lowest BCUT2D eigenvalue weighted by Crippen LogP contribution is -2.04. The van der Waals surface area contributed by atoms with Gasteiger partial charge in [0.05, 0.1) is 5.02 Å². The molecule has 1 aromatic carbocycles. The number of benzene rings is 1. The Hall–Kier alpha value is -0.730. The van der Waals surface area contributed by atoms with Gasteiger partial charge in [-0.25, -0.2) is 0 Å². The Morgan fingerprint density at radius 3 is 2.64 bits per heavy atom. The molecular formula is C8H10ClNO. The molecule has 0 aromatic heterocycles. The van der Waals surface area contributed by atoms with Crippen molar-refractivity contribution in [1.29, 1.82) is 0 Å². The minimum absolute atomic E-state index is 0.0711. The first-order valence-electron chi connectivity index (χ1n) is 3.35. The number of hydrogen-bond donors (Lipinski definition) is 2. The number of halogens is 1. The van der Waals surface area contributed by atoms with E-state index in [-0.39, 0.29) is 11.8 Å². The highest BCUT2D eigenvalue weighted by Gasteiger charge is 2.02. The van der Waals surface area contributed by atoms with Crippen LogP contribution in [0.25, 0.3) is 0 Å². The van der Waals surface area contributed by atoms with E-state index in [1.165, 1.54) is 0 Å². The summed E-state index contributed by atoms with van der Waals surface area (Å²) < 4.78 is 0.